The molecule has 136 heavy (non-hydrogen) atoms. The molecular weight excluding hydrogens is 1700 g/mol. The molecule has 0 saturated heterocycles. The molecule has 16 bridgehead atoms. The summed E-state index contributed by atoms with van der Waals surface area (Å²) in [4.78, 5) is 115. The molecule has 16 heteroatoms. The molecule has 16 aromatic carbocycles. The van der Waals surface area contributed by atoms with Crippen molar-refractivity contribution in [3.63, 3.8) is 0 Å². The second kappa shape index (κ2) is 41.0. The predicted molar refractivity (Wildman–Crippen MR) is 528 cm³/mol. The number of carbonyl (C=O) groups is 8. The van der Waals surface area contributed by atoms with Gasteiger partial charge in [-0.3, -0.25) is 38.4 Å². The van der Waals surface area contributed by atoms with Gasteiger partial charge in [0.25, 0.3) is 0 Å². The lowest BCUT2D eigenvalue weighted by molar-refractivity contribution is -0.133. The largest absolute Gasteiger partial charge is 0.426 e. The number of hydrogen-bond acceptors (Lipinski definition) is 16. The molecule has 0 aromatic heterocycles. The highest BCUT2D eigenvalue weighted by atomic mass is 16.6. The van der Waals surface area contributed by atoms with Gasteiger partial charge in [0.2, 0.25) is 0 Å². The van der Waals surface area contributed by atoms with Crippen molar-refractivity contribution in [1.82, 2.24) is 0 Å². The third-order valence-corrected chi connectivity index (χ3v) is 23.8. The molecular formula is C120H96O16. The first-order chi connectivity index (χ1) is 65.9. The molecule has 0 radical (unpaired) electrons. The van der Waals surface area contributed by atoms with Gasteiger partial charge in [-0.25, -0.2) is 0 Å². The van der Waals surface area contributed by atoms with Crippen molar-refractivity contribution in [2.45, 2.75) is 107 Å². The van der Waals surface area contributed by atoms with Gasteiger partial charge >= 0.3 is 47.8 Å². The first kappa shape index (κ1) is 91.2. The standard InChI is InChI=1S/C120H96O16/c1-73(121)129-113-97-49-89(81-33-17-9-18-34-81)50-98(113)66-100-52-91(83-37-21-11-22-38-83)54-102(115(100)131-75(3)123)68-104-56-93(85-41-25-13-26-42-85)58-106(117(104)133-77(5)125)70-108-60-95(87-45-29-15-30-46-87)62-110(119(108)135-79(7)127)72-112-64-96(88-47-31-16-32-48-88)63-111(120(112)136-80(8)128)71-109-61-94(86-43-27-14-28-44-86)59-107(118(109)134-78(6)126)69-105-57-92(84-39-23-12-24-40-84)55-103(116(105)132-76(4)124)67-101-53-90(82-35-19-10-20-36-82)51-99(65-97)114(101)130-74(2)122/h9-64H,65-72H2,1-8H3. The zero-order valence-electron chi connectivity index (χ0n) is 76.5. The molecule has 0 amide bonds. The van der Waals surface area contributed by atoms with E-state index in [0.717, 1.165) is 44.5 Å². The molecule has 0 atom stereocenters. The van der Waals surface area contributed by atoms with Gasteiger partial charge < -0.3 is 37.9 Å². The summed E-state index contributed by atoms with van der Waals surface area (Å²) in [6, 6.07) is 109. The summed E-state index contributed by atoms with van der Waals surface area (Å²) in [5.41, 5.74) is 19.9. The Bertz CT molecular complexity index is 5800. The molecule has 0 aliphatic heterocycles. The maximum Gasteiger partial charge on any atom is 0.308 e. The van der Waals surface area contributed by atoms with Gasteiger partial charge in [0.1, 0.15) is 46.0 Å². The number of benzene rings is 16. The minimum Gasteiger partial charge on any atom is -0.426 e. The number of ether oxygens (including phenoxy) is 8. The Hall–Kier alpha value is -16.7. The Kier molecular flexibility index (Phi) is 27.5. The second-order valence-electron chi connectivity index (χ2n) is 34.1. The van der Waals surface area contributed by atoms with E-state index in [1.807, 2.05) is 340 Å². The quantitative estimate of drug-likeness (QED) is 0.0650. The fourth-order valence-corrected chi connectivity index (χ4v) is 18.4. The molecule has 16 nitrogen and oxygen atoms in total. The molecule has 16 aromatic rings. The van der Waals surface area contributed by atoms with Crippen molar-refractivity contribution in [2.75, 3.05) is 0 Å². The summed E-state index contributed by atoms with van der Waals surface area (Å²) in [5.74, 6) is -3.85. The van der Waals surface area contributed by atoms with Crippen molar-refractivity contribution in [3.8, 4) is 135 Å². The fourth-order valence-electron chi connectivity index (χ4n) is 18.4. The highest BCUT2D eigenvalue weighted by molar-refractivity contribution is 5.85. The predicted octanol–water partition coefficient (Wildman–Crippen LogP) is 25.5. The van der Waals surface area contributed by atoms with Crippen molar-refractivity contribution in [3.05, 3.63) is 429 Å². The van der Waals surface area contributed by atoms with Crippen LogP contribution in [0.1, 0.15) is 144 Å². The Morgan fingerprint density at radius 3 is 0.287 bits per heavy atom. The van der Waals surface area contributed by atoms with Crippen LogP contribution in [0.4, 0.5) is 0 Å². The number of carbonyl (C=O) groups excluding carboxylic acids is 8. The lowest BCUT2D eigenvalue weighted by Crippen LogP contribution is -2.13. The Balaban J connectivity index is 1.00. The SMILES string of the molecule is CC(=O)Oc1c2cc(-c3ccccc3)cc1Cc1cc(-c3ccccc3)cc(c1OC(C)=O)Cc1cc(-c3ccccc3)cc(c1OC(C)=O)Cc1cc(-c3ccccc3)cc(c1OC(C)=O)Cc1cc(-c3ccccc3)cc(c1OC(C)=O)Cc1cc(-c3ccccc3)cc(c1OC(C)=O)Cc1cc(-c3ccccc3)cc(c1OC(C)=O)Cc1cc(-c3ccccc3)cc(c1OC(C)=O)C2. The first-order valence-electron chi connectivity index (χ1n) is 45.1. The van der Waals surface area contributed by atoms with E-state index in [0.29, 0.717) is 134 Å². The van der Waals surface area contributed by atoms with E-state index in [2.05, 4.69) is 0 Å². The minimum atomic E-state index is -0.651. The Morgan fingerprint density at radius 1 is 0.132 bits per heavy atom. The van der Waals surface area contributed by atoms with Crippen LogP contribution in [0.5, 0.6) is 46.0 Å². The van der Waals surface area contributed by atoms with E-state index in [9.17, 15) is 38.4 Å². The van der Waals surface area contributed by atoms with Gasteiger partial charge in [-0.1, -0.05) is 243 Å². The van der Waals surface area contributed by atoms with Gasteiger partial charge in [0.15, 0.2) is 0 Å². The average Bonchev–Trinajstić information content (AvgIpc) is 0.767. The minimum absolute atomic E-state index is 0.0523. The van der Waals surface area contributed by atoms with E-state index < -0.39 is 47.8 Å². The smallest absolute Gasteiger partial charge is 0.308 e. The van der Waals surface area contributed by atoms with Crippen LogP contribution in [0.3, 0.4) is 0 Å². The number of hydrogen-bond donors (Lipinski definition) is 0. The maximum absolute atomic E-state index is 14.4. The van der Waals surface area contributed by atoms with Crippen molar-refractivity contribution in [1.29, 1.82) is 0 Å². The number of fused-ring (bicyclic) bond motifs is 16. The molecule has 17 rings (SSSR count). The Labute approximate surface area is 789 Å². The number of esters is 8. The highest BCUT2D eigenvalue weighted by Gasteiger charge is 2.32. The highest BCUT2D eigenvalue weighted by Crippen LogP contribution is 2.49. The second-order valence-corrected chi connectivity index (χ2v) is 34.1. The van der Waals surface area contributed by atoms with Crippen LogP contribution in [0, 0.1) is 0 Å². The first-order valence-corrected chi connectivity index (χ1v) is 45.1. The van der Waals surface area contributed by atoms with Crippen LogP contribution in [-0.4, -0.2) is 47.8 Å². The van der Waals surface area contributed by atoms with Gasteiger partial charge in [0, 0.05) is 196 Å². The van der Waals surface area contributed by atoms with Gasteiger partial charge in [-0.05, 0) is 186 Å². The fraction of sp³-hybridized carbons (Fsp3) is 0.133. The summed E-state index contributed by atoms with van der Waals surface area (Å²) in [6.45, 7) is 10.7. The third kappa shape index (κ3) is 21.5. The van der Waals surface area contributed by atoms with Crippen LogP contribution in [-0.2, 0) is 89.7 Å². The summed E-state index contributed by atoms with van der Waals surface area (Å²) in [6.07, 6.45) is -0.418. The zero-order valence-corrected chi connectivity index (χ0v) is 76.5. The molecule has 0 N–H and O–H groups in total. The van der Waals surface area contributed by atoms with E-state index in [1.165, 1.54) is 55.4 Å². The summed E-state index contributed by atoms with van der Waals surface area (Å²) < 4.78 is 53.3. The van der Waals surface area contributed by atoms with Crippen molar-refractivity contribution in [2.24, 2.45) is 0 Å². The summed E-state index contributed by atoms with van der Waals surface area (Å²) in [5, 5.41) is 0. The van der Waals surface area contributed by atoms with Crippen LogP contribution >= 0.6 is 0 Å². The van der Waals surface area contributed by atoms with E-state index >= 15 is 0 Å². The average molecular weight is 1790 g/mol. The monoisotopic (exact) mass is 1790 g/mol. The van der Waals surface area contributed by atoms with Crippen LogP contribution in [0.2, 0.25) is 0 Å². The van der Waals surface area contributed by atoms with Crippen LogP contribution in [0.15, 0.2) is 340 Å². The summed E-state index contributed by atoms with van der Waals surface area (Å²) in [7, 11) is 0. The van der Waals surface area contributed by atoms with Crippen LogP contribution in [0.25, 0.3) is 89.0 Å². The molecule has 0 saturated carbocycles. The lowest BCUT2D eigenvalue weighted by Gasteiger charge is -2.24. The number of rotatable bonds is 16. The molecule has 1 aliphatic rings. The third-order valence-electron chi connectivity index (χ3n) is 23.8. The molecule has 1 aliphatic carbocycles. The van der Waals surface area contributed by atoms with E-state index in [-0.39, 0.29) is 97.4 Å². The normalized spacial score (nSPS) is 11.8. The molecule has 0 unspecified atom stereocenters. The Morgan fingerprint density at radius 2 is 0.213 bits per heavy atom. The maximum atomic E-state index is 14.4. The molecule has 0 spiro atoms. The van der Waals surface area contributed by atoms with E-state index in [4.69, 9.17) is 37.9 Å². The topological polar surface area (TPSA) is 210 Å². The van der Waals surface area contributed by atoms with Gasteiger partial charge in [0.05, 0.1) is 0 Å². The van der Waals surface area contributed by atoms with Crippen molar-refractivity contribution >= 4 is 47.8 Å². The zero-order chi connectivity index (χ0) is 94.6. The lowest BCUT2D eigenvalue weighted by atomic mass is 9.86. The van der Waals surface area contributed by atoms with Gasteiger partial charge in [-0.15, -0.1) is 0 Å². The van der Waals surface area contributed by atoms with Crippen molar-refractivity contribution < 1.29 is 76.3 Å². The summed E-state index contributed by atoms with van der Waals surface area (Å²) >= 11 is 0. The van der Waals surface area contributed by atoms with E-state index in [1.54, 1.807) is 0 Å². The molecule has 0 fully saturated rings. The van der Waals surface area contributed by atoms with Gasteiger partial charge in [-0.2, -0.15) is 0 Å². The van der Waals surface area contributed by atoms with Crippen LogP contribution < -0.4 is 37.9 Å². The molecule has 672 valence electrons. The molecule has 0 heterocycles.